The number of aromatic nitrogens is 2. The Balaban J connectivity index is 1.93. The first-order valence-corrected chi connectivity index (χ1v) is 5.06. The molecule has 1 atom stereocenters. The summed E-state index contributed by atoms with van der Waals surface area (Å²) in [6, 6.07) is 0. The van der Waals surface area contributed by atoms with Gasteiger partial charge in [0.05, 0.1) is 6.20 Å². The molecule has 0 bridgehead atoms. The maximum Gasteiger partial charge on any atom is 0.0519 e. The Hall–Kier alpha value is -0.830. The first kappa shape index (κ1) is 8.75. The van der Waals surface area contributed by atoms with Crippen molar-refractivity contribution in [1.82, 2.24) is 15.5 Å². The lowest BCUT2D eigenvalue weighted by molar-refractivity contribution is 0.373. The maximum absolute atomic E-state index is 4.04. The predicted octanol–water partition coefficient (Wildman–Crippen LogP) is 1.26. The monoisotopic (exact) mass is 179 g/mol. The summed E-state index contributed by atoms with van der Waals surface area (Å²) in [6.45, 7) is 4.48. The van der Waals surface area contributed by atoms with Crippen LogP contribution >= 0.6 is 0 Å². The number of nitrogens with one attached hydrogen (secondary N) is 2. The average Bonchev–Trinajstić information content (AvgIpc) is 2.54. The molecule has 1 aromatic heterocycles. The van der Waals surface area contributed by atoms with Crippen LogP contribution in [0.15, 0.2) is 6.20 Å². The van der Waals surface area contributed by atoms with Crippen LogP contribution in [0.3, 0.4) is 0 Å². The van der Waals surface area contributed by atoms with Crippen molar-refractivity contribution in [2.24, 2.45) is 5.92 Å². The summed E-state index contributed by atoms with van der Waals surface area (Å²) in [5, 5.41) is 10.5. The average molecular weight is 179 g/mol. The van der Waals surface area contributed by atoms with E-state index >= 15 is 0 Å². The molecule has 2 heterocycles. The number of rotatable bonds is 2. The highest BCUT2D eigenvalue weighted by molar-refractivity contribution is 5.14. The highest BCUT2D eigenvalue weighted by Gasteiger charge is 2.14. The van der Waals surface area contributed by atoms with Gasteiger partial charge < -0.3 is 5.32 Å². The number of hydrogen-bond acceptors (Lipinski definition) is 2. The lowest BCUT2D eigenvalue weighted by atomic mass is 9.94. The zero-order valence-corrected chi connectivity index (χ0v) is 8.14. The third kappa shape index (κ3) is 2.10. The van der Waals surface area contributed by atoms with Crippen LogP contribution in [0, 0.1) is 12.8 Å². The minimum absolute atomic E-state index is 0.799. The van der Waals surface area contributed by atoms with Crippen LogP contribution in [0.2, 0.25) is 0 Å². The van der Waals surface area contributed by atoms with Crippen LogP contribution in [0.4, 0.5) is 0 Å². The smallest absolute Gasteiger partial charge is 0.0519 e. The molecule has 1 aliphatic heterocycles. The van der Waals surface area contributed by atoms with E-state index in [1.165, 1.54) is 37.2 Å². The van der Waals surface area contributed by atoms with E-state index < -0.39 is 0 Å². The van der Waals surface area contributed by atoms with Crippen LogP contribution < -0.4 is 5.32 Å². The topological polar surface area (TPSA) is 40.7 Å². The number of H-pyrrole nitrogens is 1. The molecule has 3 nitrogen and oxygen atoms in total. The lowest BCUT2D eigenvalue weighted by Gasteiger charge is -2.22. The number of aryl methyl sites for hydroxylation is 1. The summed E-state index contributed by atoms with van der Waals surface area (Å²) in [7, 11) is 0. The van der Waals surface area contributed by atoms with Gasteiger partial charge in [-0.1, -0.05) is 0 Å². The van der Waals surface area contributed by atoms with Crippen LogP contribution in [0.1, 0.15) is 24.1 Å². The van der Waals surface area contributed by atoms with Crippen molar-refractivity contribution >= 4 is 0 Å². The molecule has 2 N–H and O–H groups in total. The van der Waals surface area contributed by atoms with Crippen LogP contribution in [0.25, 0.3) is 0 Å². The minimum atomic E-state index is 0.799. The van der Waals surface area contributed by atoms with Crippen LogP contribution in [0.5, 0.6) is 0 Å². The predicted molar refractivity (Wildman–Crippen MR) is 52.6 cm³/mol. The van der Waals surface area contributed by atoms with E-state index in [0.29, 0.717) is 0 Å². The summed E-state index contributed by atoms with van der Waals surface area (Å²) in [5.41, 5.74) is 2.61. The Morgan fingerprint density at radius 1 is 1.62 bits per heavy atom. The van der Waals surface area contributed by atoms with E-state index in [4.69, 9.17) is 0 Å². The molecule has 1 fully saturated rings. The van der Waals surface area contributed by atoms with Gasteiger partial charge in [0.15, 0.2) is 0 Å². The van der Waals surface area contributed by atoms with Gasteiger partial charge in [-0.25, -0.2) is 0 Å². The fraction of sp³-hybridized carbons (Fsp3) is 0.700. The van der Waals surface area contributed by atoms with Gasteiger partial charge in [0, 0.05) is 5.69 Å². The second-order valence-electron chi connectivity index (χ2n) is 3.95. The van der Waals surface area contributed by atoms with E-state index in [1.54, 1.807) is 0 Å². The summed E-state index contributed by atoms with van der Waals surface area (Å²) in [6.07, 6.45) is 5.73. The molecule has 3 heteroatoms. The van der Waals surface area contributed by atoms with E-state index in [1.807, 2.05) is 6.20 Å². The highest BCUT2D eigenvalue weighted by atomic mass is 15.1. The standard InChI is InChI=1S/C10H17N3/c1-8-6-12-13-10(8)5-9-3-2-4-11-7-9/h6,9,11H,2-5,7H2,1H3,(H,12,13). The molecule has 1 unspecified atom stereocenters. The van der Waals surface area contributed by atoms with Gasteiger partial charge in [0.25, 0.3) is 0 Å². The summed E-state index contributed by atoms with van der Waals surface area (Å²) in [5.74, 6) is 0.799. The Bertz CT molecular complexity index is 261. The highest BCUT2D eigenvalue weighted by Crippen LogP contribution is 2.16. The molecule has 1 aliphatic rings. The molecular weight excluding hydrogens is 162 g/mol. The third-order valence-corrected chi connectivity index (χ3v) is 2.83. The van der Waals surface area contributed by atoms with Crippen molar-refractivity contribution in [2.75, 3.05) is 13.1 Å². The fourth-order valence-electron chi connectivity index (χ4n) is 1.97. The van der Waals surface area contributed by atoms with Crippen LogP contribution in [-0.2, 0) is 6.42 Å². The van der Waals surface area contributed by atoms with Crippen molar-refractivity contribution in [1.29, 1.82) is 0 Å². The lowest BCUT2D eigenvalue weighted by Crippen LogP contribution is -2.31. The van der Waals surface area contributed by atoms with Gasteiger partial charge >= 0.3 is 0 Å². The second kappa shape index (κ2) is 3.92. The van der Waals surface area contributed by atoms with E-state index in [-0.39, 0.29) is 0 Å². The van der Waals surface area contributed by atoms with Gasteiger partial charge in [-0.2, -0.15) is 5.10 Å². The minimum Gasteiger partial charge on any atom is -0.316 e. The molecule has 2 rings (SSSR count). The maximum atomic E-state index is 4.04. The summed E-state index contributed by atoms with van der Waals surface area (Å²) in [4.78, 5) is 0. The first-order valence-electron chi connectivity index (χ1n) is 5.06. The first-order chi connectivity index (χ1) is 6.36. The molecule has 72 valence electrons. The molecule has 0 spiro atoms. The molecule has 0 saturated carbocycles. The molecule has 0 aliphatic carbocycles. The van der Waals surface area contributed by atoms with Gasteiger partial charge in [-0.15, -0.1) is 0 Å². The summed E-state index contributed by atoms with van der Waals surface area (Å²) < 4.78 is 0. The Morgan fingerprint density at radius 3 is 3.15 bits per heavy atom. The van der Waals surface area contributed by atoms with E-state index in [9.17, 15) is 0 Å². The van der Waals surface area contributed by atoms with Crippen LogP contribution in [-0.4, -0.2) is 23.3 Å². The van der Waals surface area contributed by atoms with Crippen molar-refractivity contribution < 1.29 is 0 Å². The fourth-order valence-corrected chi connectivity index (χ4v) is 1.97. The van der Waals surface area contributed by atoms with Gasteiger partial charge in [0.2, 0.25) is 0 Å². The largest absolute Gasteiger partial charge is 0.316 e. The van der Waals surface area contributed by atoms with Crippen molar-refractivity contribution in [3.63, 3.8) is 0 Å². The third-order valence-electron chi connectivity index (χ3n) is 2.83. The number of aromatic amines is 1. The van der Waals surface area contributed by atoms with Gasteiger partial charge in [-0.05, 0) is 50.8 Å². The molecule has 0 aromatic carbocycles. The zero-order chi connectivity index (χ0) is 9.10. The Labute approximate surface area is 78.9 Å². The Kier molecular flexibility index (Phi) is 2.64. The van der Waals surface area contributed by atoms with Gasteiger partial charge in [-0.3, -0.25) is 5.10 Å². The second-order valence-corrected chi connectivity index (χ2v) is 3.95. The van der Waals surface area contributed by atoms with Gasteiger partial charge in [0.1, 0.15) is 0 Å². The molecule has 1 aromatic rings. The van der Waals surface area contributed by atoms with E-state index in [0.717, 1.165) is 12.3 Å². The van der Waals surface area contributed by atoms with Crippen molar-refractivity contribution in [2.45, 2.75) is 26.2 Å². The molecule has 1 saturated heterocycles. The molecule has 0 amide bonds. The van der Waals surface area contributed by atoms with Crippen molar-refractivity contribution in [3.05, 3.63) is 17.5 Å². The molecule has 13 heavy (non-hydrogen) atoms. The molecular formula is C10H17N3. The number of piperidine rings is 1. The Morgan fingerprint density at radius 2 is 2.54 bits per heavy atom. The van der Waals surface area contributed by atoms with Crippen molar-refractivity contribution in [3.8, 4) is 0 Å². The normalized spacial score (nSPS) is 23.3. The number of nitrogens with zero attached hydrogens (tertiary/aromatic N) is 1. The summed E-state index contributed by atoms with van der Waals surface area (Å²) >= 11 is 0. The number of hydrogen-bond donors (Lipinski definition) is 2. The quantitative estimate of drug-likeness (QED) is 0.717. The zero-order valence-electron chi connectivity index (χ0n) is 8.14. The SMILES string of the molecule is Cc1cn[nH]c1CC1CCCNC1. The van der Waals surface area contributed by atoms with E-state index in [2.05, 4.69) is 22.4 Å². The molecule has 0 radical (unpaired) electrons.